The first kappa shape index (κ1) is 19.1. The molecule has 7 nitrogen and oxygen atoms in total. The van der Waals surface area contributed by atoms with Gasteiger partial charge in [0.05, 0.1) is 10.2 Å². The Labute approximate surface area is 167 Å². The lowest BCUT2D eigenvalue weighted by molar-refractivity contribution is -0.121. The Morgan fingerprint density at radius 3 is 3.07 bits per heavy atom. The highest BCUT2D eigenvalue weighted by Crippen LogP contribution is 2.24. The van der Waals surface area contributed by atoms with Crippen molar-refractivity contribution in [1.29, 1.82) is 0 Å². The smallest absolute Gasteiger partial charge is 0.291 e. The molecule has 1 fully saturated rings. The minimum atomic E-state index is -0.230. The van der Waals surface area contributed by atoms with Crippen LogP contribution in [0, 0.1) is 12.8 Å². The van der Waals surface area contributed by atoms with Gasteiger partial charge in [0.15, 0.2) is 0 Å². The highest BCUT2D eigenvalue weighted by molar-refractivity contribution is 7.17. The van der Waals surface area contributed by atoms with Gasteiger partial charge in [-0.15, -0.1) is 11.3 Å². The topological polar surface area (TPSA) is 71.6 Å². The first-order chi connectivity index (χ1) is 13.5. The quantitative estimate of drug-likeness (QED) is 0.643. The molecular formula is C20H27N5O2S. The summed E-state index contributed by atoms with van der Waals surface area (Å²) in [4.78, 5) is 27.5. The van der Waals surface area contributed by atoms with Crippen LogP contribution in [0.15, 0.2) is 22.3 Å². The fourth-order valence-electron chi connectivity index (χ4n) is 4.15. The Balaban J connectivity index is 1.36. The zero-order valence-corrected chi connectivity index (χ0v) is 17.3. The van der Waals surface area contributed by atoms with Crippen molar-refractivity contribution in [3.63, 3.8) is 0 Å². The van der Waals surface area contributed by atoms with E-state index < -0.39 is 0 Å². The van der Waals surface area contributed by atoms with Crippen LogP contribution in [-0.4, -0.2) is 51.2 Å². The van der Waals surface area contributed by atoms with Crippen molar-refractivity contribution < 1.29 is 4.79 Å². The molecule has 1 aliphatic heterocycles. The third-order valence-corrected chi connectivity index (χ3v) is 6.33. The van der Waals surface area contributed by atoms with Crippen LogP contribution in [0.2, 0.25) is 0 Å². The van der Waals surface area contributed by atoms with Gasteiger partial charge in [0.2, 0.25) is 5.91 Å². The molecule has 1 atom stereocenters. The molecule has 1 N–H and O–H groups in total. The first-order valence-electron chi connectivity index (χ1n) is 9.98. The van der Waals surface area contributed by atoms with E-state index in [9.17, 15) is 9.59 Å². The average Bonchev–Trinajstić information content (AvgIpc) is 3.24. The van der Waals surface area contributed by atoms with E-state index in [2.05, 4.69) is 22.2 Å². The lowest BCUT2D eigenvalue weighted by Gasteiger charge is -2.30. The molecular weight excluding hydrogens is 374 g/mol. The first-order valence-corrected chi connectivity index (χ1v) is 10.9. The minimum absolute atomic E-state index is 0.0459. The summed E-state index contributed by atoms with van der Waals surface area (Å²) in [6, 6.07) is 3.87. The largest absolute Gasteiger partial charge is 0.354 e. The van der Waals surface area contributed by atoms with Crippen molar-refractivity contribution in [2.24, 2.45) is 5.92 Å². The molecule has 0 aliphatic carbocycles. The molecule has 1 aliphatic rings. The van der Waals surface area contributed by atoms with Gasteiger partial charge in [-0.2, -0.15) is 5.10 Å². The van der Waals surface area contributed by atoms with Crippen molar-refractivity contribution in [2.75, 3.05) is 26.2 Å². The van der Waals surface area contributed by atoms with Crippen LogP contribution in [-0.2, 0) is 11.3 Å². The zero-order valence-electron chi connectivity index (χ0n) is 16.5. The van der Waals surface area contributed by atoms with Gasteiger partial charge >= 0.3 is 0 Å². The number of rotatable bonds is 6. The molecule has 150 valence electrons. The van der Waals surface area contributed by atoms with E-state index in [0.717, 1.165) is 42.2 Å². The van der Waals surface area contributed by atoms with E-state index in [0.29, 0.717) is 17.9 Å². The summed E-state index contributed by atoms with van der Waals surface area (Å²) in [5.41, 5.74) is 1.33. The van der Waals surface area contributed by atoms with E-state index in [4.69, 9.17) is 0 Å². The van der Waals surface area contributed by atoms with Crippen molar-refractivity contribution >= 4 is 33.0 Å². The summed E-state index contributed by atoms with van der Waals surface area (Å²) in [6.07, 6.45) is 3.51. The number of likely N-dealkylation sites (tertiary alicyclic amines) is 1. The van der Waals surface area contributed by atoms with Crippen molar-refractivity contribution in [2.45, 2.75) is 39.7 Å². The van der Waals surface area contributed by atoms with Crippen LogP contribution >= 0.6 is 11.3 Å². The van der Waals surface area contributed by atoms with E-state index >= 15 is 0 Å². The number of piperidine rings is 1. The molecule has 0 aromatic carbocycles. The van der Waals surface area contributed by atoms with Crippen LogP contribution in [0.1, 0.15) is 32.0 Å². The molecule has 1 saturated heterocycles. The van der Waals surface area contributed by atoms with Gasteiger partial charge in [0.25, 0.3) is 5.56 Å². The third kappa shape index (κ3) is 3.84. The predicted octanol–water partition coefficient (Wildman–Crippen LogP) is 2.26. The molecule has 0 saturated carbocycles. The number of nitrogens with zero attached hydrogens (tertiary/aromatic N) is 4. The summed E-state index contributed by atoms with van der Waals surface area (Å²) < 4.78 is 4.19. The van der Waals surface area contributed by atoms with E-state index in [1.54, 1.807) is 11.3 Å². The molecule has 0 unspecified atom stereocenters. The molecule has 8 heteroatoms. The molecule has 0 radical (unpaired) electrons. The number of aromatic nitrogens is 3. The summed E-state index contributed by atoms with van der Waals surface area (Å²) in [5.74, 6) is 1.30. The number of thiophene rings is 1. The lowest BCUT2D eigenvalue weighted by atomic mass is 10.0. The van der Waals surface area contributed by atoms with Gasteiger partial charge in [-0.25, -0.2) is 4.68 Å². The van der Waals surface area contributed by atoms with Crippen LogP contribution < -0.4 is 10.9 Å². The minimum Gasteiger partial charge on any atom is -0.354 e. The molecule has 1 amide bonds. The highest BCUT2D eigenvalue weighted by Gasteiger charge is 2.16. The van der Waals surface area contributed by atoms with Gasteiger partial charge in [0, 0.05) is 13.1 Å². The van der Waals surface area contributed by atoms with Crippen molar-refractivity contribution in [3.05, 3.63) is 33.7 Å². The van der Waals surface area contributed by atoms with E-state index in [1.807, 2.05) is 28.8 Å². The van der Waals surface area contributed by atoms with Gasteiger partial charge in [-0.1, -0.05) is 6.92 Å². The third-order valence-electron chi connectivity index (χ3n) is 5.47. The second-order valence-corrected chi connectivity index (χ2v) is 8.74. The molecule has 0 bridgehead atoms. The number of nitrogens with one attached hydrogen (secondary N) is 1. The number of amides is 1. The Hall–Kier alpha value is -2.19. The fraction of sp³-hybridized carbons (Fsp3) is 0.550. The zero-order chi connectivity index (χ0) is 19.7. The van der Waals surface area contributed by atoms with E-state index in [-0.39, 0.29) is 18.0 Å². The number of carbonyl (C=O) groups is 1. The lowest BCUT2D eigenvalue weighted by Crippen LogP contribution is -2.38. The molecule has 3 aromatic rings. The summed E-state index contributed by atoms with van der Waals surface area (Å²) in [7, 11) is 0. The Morgan fingerprint density at radius 2 is 2.25 bits per heavy atom. The Morgan fingerprint density at radius 1 is 1.39 bits per heavy atom. The van der Waals surface area contributed by atoms with E-state index in [1.165, 1.54) is 17.5 Å². The number of fused-ring (bicyclic) bond motifs is 3. The standard InChI is InChI=1S/C20H27N5O2S/c1-14-5-3-8-23(12-14)9-4-7-21-19(26)13-24-20(27)17-11-18-16(6-10-28-18)25(17)15(2)22-24/h6,10-11,14H,3-5,7-9,12-13H2,1-2H3,(H,21,26)/t14-/m0/s1. The maximum absolute atomic E-state index is 12.7. The predicted molar refractivity (Wildman–Crippen MR) is 112 cm³/mol. The SMILES string of the molecule is Cc1nn(CC(=O)NCCCN2CCC[C@H](C)C2)c(=O)c2cc3sccc3n12. The van der Waals surface area contributed by atoms with Crippen LogP contribution in [0.4, 0.5) is 0 Å². The molecule has 4 rings (SSSR count). The maximum atomic E-state index is 12.7. The number of carbonyl (C=O) groups excluding carboxylic acids is 1. The van der Waals surface area contributed by atoms with Gasteiger partial charge in [-0.05, 0) is 62.7 Å². The van der Waals surface area contributed by atoms with Gasteiger partial charge in [-0.3, -0.25) is 14.0 Å². The van der Waals surface area contributed by atoms with Crippen molar-refractivity contribution in [1.82, 2.24) is 24.4 Å². The monoisotopic (exact) mass is 401 g/mol. The molecule has 4 heterocycles. The van der Waals surface area contributed by atoms with Gasteiger partial charge < -0.3 is 10.2 Å². The maximum Gasteiger partial charge on any atom is 0.291 e. The average molecular weight is 402 g/mol. The Bertz CT molecular complexity index is 1050. The number of hydrogen-bond acceptors (Lipinski definition) is 5. The fourth-order valence-corrected chi connectivity index (χ4v) is 4.95. The highest BCUT2D eigenvalue weighted by atomic mass is 32.1. The van der Waals surface area contributed by atoms with Crippen LogP contribution in [0.3, 0.4) is 0 Å². The number of aryl methyl sites for hydroxylation is 1. The van der Waals surface area contributed by atoms with Crippen molar-refractivity contribution in [3.8, 4) is 0 Å². The van der Waals surface area contributed by atoms with Gasteiger partial charge in [0.1, 0.15) is 17.9 Å². The number of hydrogen-bond donors (Lipinski definition) is 1. The normalized spacial score (nSPS) is 18.1. The van der Waals surface area contributed by atoms with Crippen LogP contribution in [0.5, 0.6) is 0 Å². The second-order valence-electron chi connectivity index (χ2n) is 7.80. The molecule has 3 aromatic heterocycles. The molecule has 0 spiro atoms. The summed E-state index contributed by atoms with van der Waals surface area (Å²) >= 11 is 1.60. The molecule has 28 heavy (non-hydrogen) atoms. The summed E-state index contributed by atoms with van der Waals surface area (Å²) in [6.45, 7) is 8.06. The second kappa shape index (κ2) is 8.05. The Kier molecular flexibility index (Phi) is 5.50. The summed E-state index contributed by atoms with van der Waals surface area (Å²) in [5, 5.41) is 9.28. The van der Waals surface area contributed by atoms with Crippen LogP contribution in [0.25, 0.3) is 15.7 Å².